The van der Waals surface area contributed by atoms with Crippen LogP contribution in [0.2, 0.25) is 0 Å². The number of ether oxygens (including phenoxy) is 1. The van der Waals surface area contributed by atoms with Gasteiger partial charge in [0.2, 0.25) is 0 Å². The summed E-state index contributed by atoms with van der Waals surface area (Å²) in [6, 6.07) is 6.50. The van der Waals surface area contributed by atoms with Crippen molar-refractivity contribution in [3.63, 3.8) is 0 Å². The van der Waals surface area contributed by atoms with Crippen molar-refractivity contribution in [2.75, 3.05) is 6.61 Å². The molecule has 3 unspecified atom stereocenters. The van der Waals surface area contributed by atoms with Gasteiger partial charge in [-0.2, -0.15) is 0 Å². The highest BCUT2D eigenvalue weighted by atomic mass is 35.5. The Balaban J connectivity index is 2.23. The maximum Gasteiger partial charge on any atom is 0.0641 e. The van der Waals surface area contributed by atoms with Gasteiger partial charge in [-0.1, -0.05) is 23.8 Å². The van der Waals surface area contributed by atoms with E-state index in [1.54, 1.807) is 0 Å². The zero-order chi connectivity index (χ0) is 11.7. The lowest BCUT2D eigenvalue weighted by Gasteiger charge is -2.22. The van der Waals surface area contributed by atoms with Crippen molar-refractivity contribution in [2.45, 2.75) is 38.7 Å². The summed E-state index contributed by atoms with van der Waals surface area (Å²) in [6.07, 6.45) is 1.35. The predicted octanol–water partition coefficient (Wildman–Crippen LogP) is 4.01. The van der Waals surface area contributed by atoms with Crippen molar-refractivity contribution in [3.8, 4) is 0 Å². The number of benzene rings is 1. The van der Waals surface area contributed by atoms with E-state index < -0.39 is 0 Å². The first-order chi connectivity index (χ1) is 7.59. The Labute approximate surface area is 103 Å². The van der Waals surface area contributed by atoms with E-state index in [1.165, 1.54) is 16.7 Å². The summed E-state index contributed by atoms with van der Waals surface area (Å²) in [5.74, 6) is 0.447. The molecule has 0 aromatic heterocycles. The highest BCUT2D eigenvalue weighted by molar-refractivity contribution is 6.21. The molecule has 16 heavy (non-hydrogen) atoms. The first kappa shape index (κ1) is 11.9. The van der Waals surface area contributed by atoms with Gasteiger partial charge in [-0.15, -0.1) is 11.6 Å². The molecule has 1 fully saturated rings. The molecule has 2 rings (SSSR count). The lowest BCUT2D eigenvalue weighted by atomic mass is 9.90. The molecule has 1 aromatic carbocycles. The summed E-state index contributed by atoms with van der Waals surface area (Å²) in [4.78, 5) is 0. The second-order valence-corrected chi connectivity index (χ2v) is 5.26. The molecule has 2 heteroatoms. The highest BCUT2D eigenvalue weighted by Crippen LogP contribution is 2.39. The van der Waals surface area contributed by atoms with Crippen LogP contribution in [0.1, 0.15) is 35.4 Å². The van der Waals surface area contributed by atoms with Gasteiger partial charge in [-0.05, 0) is 38.3 Å². The van der Waals surface area contributed by atoms with Gasteiger partial charge in [0.05, 0.1) is 11.5 Å². The molecule has 0 N–H and O–H groups in total. The van der Waals surface area contributed by atoms with E-state index in [-0.39, 0.29) is 11.5 Å². The van der Waals surface area contributed by atoms with E-state index in [2.05, 4.69) is 39.0 Å². The largest absolute Gasteiger partial charge is 0.378 e. The second-order valence-electron chi connectivity index (χ2n) is 4.79. The minimum absolute atomic E-state index is 0.0816. The summed E-state index contributed by atoms with van der Waals surface area (Å²) in [7, 11) is 0. The monoisotopic (exact) mass is 238 g/mol. The Bertz CT molecular complexity index is 375. The van der Waals surface area contributed by atoms with Crippen LogP contribution in [0.4, 0.5) is 0 Å². The highest BCUT2D eigenvalue weighted by Gasteiger charge is 2.32. The second kappa shape index (κ2) is 4.77. The third-order valence-corrected chi connectivity index (χ3v) is 4.09. The quantitative estimate of drug-likeness (QED) is 0.708. The molecule has 1 nitrogen and oxygen atoms in total. The third-order valence-electron chi connectivity index (χ3n) is 3.53. The van der Waals surface area contributed by atoms with Crippen LogP contribution in [0, 0.1) is 19.8 Å². The molecule has 0 spiro atoms. The fourth-order valence-corrected chi connectivity index (χ4v) is 3.07. The Kier molecular flexibility index (Phi) is 3.56. The van der Waals surface area contributed by atoms with Crippen molar-refractivity contribution in [2.24, 2.45) is 5.92 Å². The van der Waals surface area contributed by atoms with Crippen molar-refractivity contribution >= 4 is 11.6 Å². The van der Waals surface area contributed by atoms with E-state index in [0.29, 0.717) is 5.92 Å². The van der Waals surface area contributed by atoms with Crippen LogP contribution in [0.5, 0.6) is 0 Å². The first-order valence-electron chi connectivity index (χ1n) is 5.92. The van der Waals surface area contributed by atoms with Gasteiger partial charge in [0, 0.05) is 12.5 Å². The number of aryl methyl sites for hydroxylation is 2. The van der Waals surface area contributed by atoms with Crippen LogP contribution >= 0.6 is 11.6 Å². The van der Waals surface area contributed by atoms with E-state index in [0.717, 1.165) is 13.0 Å². The number of halogens is 1. The summed E-state index contributed by atoms with van der Waals surface area (Å²) in [5.41, 5.74) is 3.84. The fraction of sp³-hybridized carbons (Fsp3) is 0.571. The van der Waals surface area contributed by atoms with Crippen LogP contribution in [0.25, 0.3) is 0 Å². The van der Waals surface area contributed by atoms with Gasteiger partial charge < -0.3 is 4.74 Å². The van der Waals surface area contributed by atoms with Crippen molar-refractivity contribution < 1.29 is 4.74 Å². The van der Waals surface area contributed by atoms with Crippen LogP contribution in [-0.4, -0.2) is 12.7 Å². The topological polar surface area (TPSA) is 9.23 Å². The number of rotatable bonds is 2. The molecule has 1 aliphatic heterocycles. The van der Waals surface area contributed by atoms with Crippen LogP contribution in [0.15, 0.2) is 18.2 Å². The molecule has 3 atom stereocenters. The van der Waals surface area contributed by atoms with Crippen molar-refractivity contribution in [3.05, 3.63) is 34.9 Å². The Morgan fingerprint density at radius 2 is 2.12 bits per heavy atom. The molecule has 1 heterocycles. The Hall–Kier alpha value is -0.530. The fourth-order valence-electron chi connectivity index (χ4n) is 2.50. The number of hydrogen-bond acceptors (Lipinski definition) is 1. The molecular weight excluding hydrogens is 220 g/mol. The van der Waals surface area contributed by atoms with E-state index in [9.17, 15) is 0 Å². The summed E-state index contributed by atoms with van der Waals surface area (Å²) in [5, 5.41) is 0.0816. The molecule has 0 radical (unpaired) electrons. The van der Waals surface area contributed by atoms with E-state index in [4.69, 9.17) is 16.3 Å². The molecule has 1 aromatic rings. The molecule has 1 aliphatic rings. The summed E-state index contributed by atoms with van der Waals surface area (Å²) < 4.78 is 5.59. The average Bonchev–Trinajstić information content (AvgIpc) is 2.63. The Morgan fingerprint density at radius 3 is 2.69 bits per heavy atom. The van der Waals surface area contributed by atoms with Gasteiger partial charge in [0.1, 0.15) is 0 Å². The van der Waals surface area contributed by atoms with Crippen molar-refractivity contribution in [1.82, 2.24) is 0 Å². The van der Waals surface area contributed by atoms with Crippen molar-refractivity contribution in [1.29, 1.82) is 0 Å². The maximum atomic E-state index is 6.58. The Morgan fingerprint density at radius 1 is 1.38 bits per heavy atom. The molecule has 1 saturated heterocycles. The van der Waals surface area contributed by atoms with Crippen LogP contribution < -0.4 is 0 Å². The lowest BCUT2D eigenvalue weighted by Crippen LogP contribution is -2.17. The smallest absolute Gasteiger partial charge is 0.0641 e. The molecule has 0 amide bonds. The summed E-state index contributed by atoms with van der Waals surface area (Å²) >= 11 is 6.58. The number of alkyl halides is 1. The standard InChI is InChI=1S/C14H19ClO/c1-9-4-5-12(10(2)8-9)14(15)13-6-7-16-11(13)3/h4-5,8,11,13-14H,6-7H2,1-3H3. The summed E-state index contributed by atoms with van der Waals surface area (Å²) in [6.45, 7) is 7.22. The molecule has 88 valence electrons. The normalized spacial score (nSPS) is 27.0. The SMILES string of the molecule is Cc1ccc(C(Cl)C2CCOC2C)c(C)c1. The molecule has 0 aliphatic carbocycles. The van der Waals surface area contributed by atoms with Crippen LogP contribution in [0.3, 0.4) is 0 Å². The third kappa shape index (κ3) is 2.26. The molecule has 0 saturated carbocycles. The van der Waals surface area contributed by atoms with Gasteiger partial charge in [-0.25, -0.2) is 0 Å². The van der Waals surface area contributed by atoms with Gasteiger partial charge in [-0.3, -0.25) is 0 Å². The predicted molar refractivity (Wildman–Crippen MR) is 68.0 cm³/mol. The minimum atomic E-state index is 0.0816. The van der Waals surface area contributed by atoms with Gasteiger partial charge >= 0.3 is 0 Å². The lowest BCUT2D eigenvalue weighted by molar-refractivity contribution is 0.105. The van der Waals surface area contributed by atoms with E-state index >= 15 is 0 Å². The number of hydrogen-bond donors (Lipinski definition) is 0. The van der Waals surface area contributed by atoms with Crippen LogP contribution in [-0.2, 0) is 4.74 Å². The van der Waals surface area contributed by atoms with E-state index in [1.807, 2.05) is 0 Å². The average molecular weight is 239 g/mol. The molecular formula is C14H19ClO. The van der Waals surface area contributed by atoms with Gasteiger partial charge in [0.25, 0.3) is 0 Å². The maximum absolute atomic E-state index is 6.58. The molecule has 0 bridgehead atoms. The first-order valence-corrected chi connectivity index (χ1v) is 6.36. The minimum Gasteiger partial charge on any atom is -0.378 e. The van der Waals surface area contributed by atoms with Gasteiger partial charge in [0.15, 0.2) is 0 Å². The zero-order valence-electron chi connectivity index (χ0n) is 10.2. The zero-order valence-corrected chi connectivity index (χ0v) is 10.9.